The highest BCUT2D eigenvalue weighted by Crippen LogP contribution is 2.00. The van der Waals surface area contributed by atoms with Gasteiger partial charge in [0.1, 0.15) is 0 Å². The predicted octanol–water partition coefficient (Wildman–Crippen LogP) is -1.72. The van der Waals surface area contributed by atoms with Crippen molar-refractivity contribution in [1.82, 2.24) is 15.1 Å². The van der Waals surface area contributed by atoms with Gasteiger partial charge >= 0.3 is 11.8 Å². The zero-order valence-electron chi connectivity index (χ0n) is 9.28. The van der Waals surface area contributed by atoms with E-state index in [4.69, 9.17) is 4.74 Å². The molecule has 2 aliphatic rings. The summed E-state index contributed by atoms with van der Waals surface area (Å²) in [6.45, 7) is 5.97. The molecule has 0 saturated carbocycles. The van der Waals surface area contributed by atoms with E-state index >= 15 is 0 Å². The minimum absolute atomic E-state index is 0.403. The lowest BCUT2D eigenvalue weighted by molar-refractivity contribution is -0.148. The molecule has 0 atom stereocenters. The van der Waals surface area contributed by atoms with Gasteiger partial charge < -0.3 is 15.0 Å². The van der Waals surface area contributed by atoms with Crippen LogP contribution >= 0.6 is 0 Å². The minimum Gasteiger partial charge on any atom is -0.379 e. The highest BCUT2D eigenvalue weighted by atomic mass is 16.5. The Morgan fingerprint density at radius 1 is 1.12 bits per heavy atom. The summed E-state index contributed by atoms with van der Waals surface area (Å²) in [5.41, 5.74) is 0. The smallest absolute Gasteiger partial charge is 0.311 e. The van der Waals surface area contributed by atoms with E-state index in [0.29, 0.717) is 19.6 Å². The molecule has 6 heteroatoms. The lowest BCUT2D eigenvalue weighted by atomic mass is 10.3. The molecule has 2 rings (SSSR count). The molecule has 0 aromatic carbocycles. The third kappa shape index (κ3) is 2.70. The molecular weight excluding hydrogens is 210 g/mol. The first-order valence-electron chi connectivity index (χ1n) is 5.64. The lowest BCUT2D eigenvalue weighted by Crippen LogP contribution is -2.54. The average Bonchev–Trinajstić information content (AvgIpc) is 2.32. The van der Waals surface area contributed by atoms with Gasteiger partial charge in [0, 0.05) is 39.3 Å². The Hall–Kier alpha value is -1.14. The second-order valence-corrected chi connectivity index (χ2v) is 4.00. The van der Waals surface area contributed by atoms with Gasteiger partial charge in [-0.3, -0.25) is 14.5 Å². The number of piperazine rings is 1. The number of nitrogens with one attached hydrogen (secondary N) is 1. The van der Waals surface area contributed by atoms with Gasteiger partial charge in [0.05, 0.1) is 13.2 Å². The maximum Gasteiger partial charge on any atom is 0.311 e. The number of rotatable bonds is 3. The SMILES string of the molecule is O=C1NCCN(CCN2CCOCC2)C1=O. The van der Waals surface area contributed by atoms with E-state index < -0.39 is 11.8 Å². The van der Waals surface area contributed by atoms with Gasteiger partial charge in [-0.05, 0) is 0 Å². The van der Waals surface area contributed by atoms with Crippen LogP contribution in [0.25, 0.3) is 0 Å². The number of carbonyl (C=O) groups excluding carboxylic acids is 2. The first-order chi connectivity index (χ1) is 7.77. The molecule has 0 aromatic heterocycles. The zero-order chi connectivity index (χ0) is 11.4. The fraction of sp³-hybridized carbons (Fsp3) is 0.800. The minimum atomic E-state index is -0.478. The van der Waals surface area contributed by atoms with Crippen LogP contribution in [0.5, 0.6) is 0 Å². The number of hydrogen-bond acceptors (Lipinski definition) is 4. The molecule has 1 N–H and O–H groups in total. The Balaban J connectivity index is 1.75. The molecule has 0 aromatic rings. The van der Waals surface area contributed by atoms with E-state index in [1.165, 1.54) is 0 Å². The summed E-state index contributed by atoms with van der Waals surface area (Å²) >= 11 is 0. The molecule has 2 aliphatic heterocycles. The van der Waals surface area contributed by atoms with Gasteiger partial charge in [-0.15, -0.1) is 0 Å². The normalized spacial score (nSPS) is 23.4. The van der Waals surface area contributed by atoms with Crippen LogP contribution in [0.2, 0.25) is 0 Å². The summed E-state index contributed by atoms with van der Waals surface area (Å²) in [6.07, 6.45) is 0. The molecule has 2 fully saturated rings. The summed E-state index contributed by atoms with van der Waals surface area (Å²) in [5, 5.41) is 2.54. The molecule has 6 nitrogen and oxygen atoms in total. The van der Waals surface area contributed by atoms with Crippen LogP contribution in [0.3, 0.4) is 0 Å². The van der Waals surface area contributed by atoms with Crippen molar-refractivity contribution in [2.24, 2.45) is 0 Å². The number of hydrogen-bond donors (Lipinski definition) is 1. The second kappa shape index (κ2) is 5.27. The highest BCUT2D eigenvalue weighted by Gasteiger charge is 2.26. The van der Waals surface area contributed by atoms with E-state index in [-0.39, 0.29) is 0 Å². The van der Waals surface area contributed by atoms with E-state index in [1.807, 2.05) is 0 Å². The molecule has 0 spiro atoms. The standard InChI is InChI=1S/C10H17N3O3/c14-9-10(15)13(2-1-11-9)4-3-12-5-7-16-8-6-12/h1-8H2,(H,11,14). The third-order valence-corrected chi connectivity index (χ3v) is 2.94. The van der Waals surface area contributed by atoms with Crippen LogP contribution < -0.4 is 5.32 Å². The van der Waals surface area contributed by atoms with Crippen LogP contribution in [0.1, 0.15) is 0 Å². The summed E-state index contributed by atoms with van der Waals surface area (Å²) in [5.74, 6) is -0.882. The fourth-order valence-corrected chi connectivity index (χ4v) is 1.93. The van der Waals surface area contributed by atoms with Crippen molar-refractivity contribution < 1.29 is 14.3 Å². The molecule has 0 unspecified atom stereocenters. The first-order valence-corrected chi connectivity index (χ1v) is 5.64. The predicted molar refractivity (Wildman–Crippen MR) is 56.8 cm³/mol. The first kappa shape index (κ1) is 11.3. The molecule has 16 heavy (non-hydrogen) atoms. The number of carbonyl (C=O) groups is 2. The zero-order valence-corrected chi connectivity index (χ0v) is 9.28. The largest absolute Gasteiger partial charge is 0.379 e. The van der Waals surface area contributed by atoms with Gasteiger partial charge in [-0.2, -0.15) is 0 Å². The Morgan fingerprint density at radius 2 is 1.88 bits per heavy atom. The van der Waals surface area contributed by atoms with Crippen molar-refractivity contribution in [3.05, 3.63) is 0 Å². The quantitative estimate of drug-likeness (QED) is 0.582. The van der Waals surface area contributed by atoms with Crippen LogP contribution in [0.4, 0.5) is 0 Å². The Bertz CT molecular complexity index is 276. The molecule has 2 heterocycles. The highest BCUT2D eigenvalue weighted by molar-refractivity contribution is 6.35. The van der Waals surface area contributed by atoms with E-state index in [1.54, 1.807) is 4.90 Å². The maximum atomic E-state index is 11.5. The molecule has 2 saturated heterocycles. The van der Waals surface area contributed by atoms with Gasteiger partial charge in [0.2, 0.25) is 0 Å². The number of morpholine rings is 1. The number of nitrogens with zero attached hydrogens (tertiary/aromatic N) is 2. The van der Waals surface area contributed by atoms with Gasteiger partial charge in [0.25, 0.3) is 0 Å². The van der Waals surface area contributed by atoms with Gasteiger partial charge in [0.15, 0.2) is 0 Å². The van der Waals surface area contributed by atoms with Crippen molar-refractivity contribution >= 4 is 11.8 Å². The lowest BCUT2D eigenvalue weighted by Gasteiger charge is -2.31. The summed E-state index contributed by atoms with van der Waals surface area (Å²) in [7, 11) is 0. The second-order valence-electron chi connectivity index (χ2n) is 4.00. The molecule has 90 valence electrons. The van der Waals surface area contributed by atoms with Crippen LogP contribution in [-0.2, 0) is 14.3 Å². The monoisotopic (exact) mass is 227 g/mol. The van der Waals surface area contributed by atoms with Gasteiger partial charge in [-0.25, -0.2) is 0 Å². The fourth-order valence-electron chi connectivity index (χ4n) is 1.93. The molecule has 0 bridgehead atoms. The topological polar surface area (TPSA) is 61.9 Å². The maximum absolute atomic E-state index is 11.5. The summed E-state index contributed by atoms with van der Waals surface area (Å²) in [4.78, 5) is 26.5. The average molecular weight is 227 g/mol. The van der Waals surface area contributed by atoms with E-state index in [0.717, 1.165) is 32.8 Å². The summed E-state index contributed by atoms with van der Waals surface area (Å²) < 4.78 is 5.24. The van der Waals surface area contributed by atoms with Crippen LogP contribution in [0, 0.1) is 0 Å². The Labute approximate surface area is 94.5 Å². The van der Waals surface area contributed by atoms with Gasteiger partial charge in [-0.1, -0.05) is 0 Å². The van der Waals surface area contributed by atoms with Crippen LogP contribution in [-0.4, -0.2) is 74.1 Å². The van der Waals surface area contributed by atoms with Crippen LogP contribution in [0.15, 0.2) is 0 Å². The van der Waals surface area contributed by atoms with Crippen molar-refractivity contribution in [2.45, 2.75) is 0 Å². The number of ether oxygens (including phenoxy) is 1. The summed E-state index contributed by atoms with van der Waals surface area (Å²) in [6, 6.07) is 0. The third-order valence-electron chi connectivity index (χ3n) is 2.94. The van der Waals surface area contributed by atoms with Crippen molar-refractivity contribution in [3.8, 4) is 0 Å². The van der Waals surface area contributed by atoms with E-state index in [9.17, 15) is 9.59 Å². The molecule has 0 aliphatic carbocycles. The van der Waals surface area contributed by atoms with Crippen molar-refractivity contribution in [3.63, 3.8) is 0 Å². The van der Waals surface area contributed by atoms with E-state index in [2.05, 4.69) is 10.2 Å². The molecule has 0 radical (unpaired) electrons. The van der Waals surface area contributed by atoms with Crippen molar-refractivity contribution in [2.75, 3.05) is 52.5 Å². The number of amides is 2. The molecule has 2 amide bonds. The van der Waals surface area contributed by atoms with Crippen molar-refractivity contribution in [1.29, 1.82) is 0 Å². The Kier molecular flexibility index (Phi) is 3.74. The Morgan fingerprint density at radius 3 is 2.62 bits per heavy atom. The molecular formula is C10H17N3O3.